The average Bonchev–Trinajstić information content (AvgIpc) is 2.00. The molecule has 0 aromatic carbocycles. The smallest absolute Gasteiger partial charge is 0.332 e. The Morgan fingerprint density at radius 1 is 1.50 bits per heavy atom. The van der Waals surface area contributed by atoms with Gasteiger partial charge in [0.1, 0.15) is 0 Å². The van der Waals surface area contributed by atoms with Gasteiger partial charge in [0.05, 0.1) is 6.10 Å². The molecule has 4 heteroatoms. The minimum Gasteiger partial charge on any atom is -0.479 e. The highest BCUT2D eigenvalue weighted by Gasteiger charge is 2.14. The molecule has 12 heavy (non-hydrogen) atoms. The number of methoxy groups -OCH3 is 1. The molecule has 1 N–H and O–H groups in total. The molecule has 0 radical (unpaired) electrons. The monoisotopic (exact) mass is 176 g/mol. The maximum Gasteiger partial charge on any atom is 0.332 e. The normalized spacial score (nSPS) is 15.6. The van der Waals surface area contributed by atoms with Crippen LogP contribution < -0.4 is 0 Å². The van der Waals surface area contributed by atoms with Gasteiger partial charge in [0.25, 0.3) is 0 Å². The molecule has 0 fully saturated rings. The number of rotatable bonds is 6. The van der Waals surface area contributed by atoms with Crippen LogP contribution in [0.15, 0.2) is 0 Å². The van der Waals surface area contributed by atoms with Crippen molar-refractivity contribution in [2.24, 2.45) is 0 Å². The summed E-state index contributed by atoms with van der Waals surface area (Å²) in [5.74, 6) is -0.931. The average molecular weight is 176 g/mol. The minimum atomic E-state index is -0.931. The van der Waals surface area contributed by atoms with E-state index in [-0.39, 0.29) is 6.10 Å². The van der Waals surface area contributed by atoms with Gasteiger partial charge in [-0.25, -0.2) is 4.79 Å². The summed E-state index contributed by atoms with van der Waals surface area (Å²) in [5.41, 5.74) is 0. The third kappa shape index (κ3) is 5.09. The first-order valence-electron chi connectivity index (χ1n) is 3.95. The zero-order chi connectivity index (χ0) is 9.56. The van der Waals surface area contributed by atoms with Gasteiger partial charge in [0.2, 0.25) is 0 Å². The van der Waals surface area contributed by atoms with Crippen LogP contribution in [-0.4, -0.2) is 37.0 Å². The largest absolute Gasteiger partial charge is 0.479 e. The van der Waals surface area contributed by atoms with Crippen molar-refractivity contribution in [2.75, 3.05) is 13.7 Å². The predicted octanol–water partition coefficient (Wildman–Crippen LogP) is 0.901. The molecule has 1 unspecified atom stereocenters. The van der Waals surface area contributed by atoms with Crippen LogP contribution in [0.3, 0.4) is 0 Å². The Kier molecular flexibility index (Phi) is 5.66. The van der Waals surface area contributed by atoms with Crippen molar-refractivity contribution in [1.29, 1.82) is 0 Å². The summed E-state index contributed by atoms with van der Waals surface area (Å²) in [7, 11) is 1.60. The second-order valence-corrected chi connectivity index (χ2v) is 2.71. The van der Waals surface area contributed by atoms with Gasteiger partial charge in [0, 0.05) is 13.7 Å². The number of carboxylic acid groups (broad SMARTS) is 1. The van der Waals surface area contributed by atoms with E-state index in [9.17, 15) is 4.79 Å². The van der Waals surface area contributed by atoms with Crippen LogP contribution in [0.4, 0.5) is 0 Å². The first-order valence-corrected chi connectivity index (χ1v) is 3.95. The molecule has 2 atom stereocenters. The van der Waals surface area contributed by atoms with Crippen molar-refractivity contribution >= 4 is 5.97 Å². The van der Waals surface area contributed by atoms with Crippen molar-refractivity contribution in [3.63, 3.8) is 0 Å². The van der Waals surface area contributed by atoms with Crippen molar-refractivity contribution in [3.05, 3.63) is 0 Å². The molecule has 0 amide bonds. The van der Waals surface area contributed by atoms with E-state index in [0.29, 0.717) is 13.0 Å². The standard InChI is InChI=1S/C8H16O4/c1-6(4-5-11-3)12-7(2)8(9)10/h6-7H,4-5H2,1-3H3,(H,9,10)/t6?,7-/m0/s1. The van der Waals surface area contributed by atoms with E-state index in [1.807, 2.05) is 6.92 Å². The molecule has 0 rings (SSSR count). The summed E-state index contributed by atoms with van der Waals surface area (Å²) >= 11 is 0. The molecule has 0 saturated heterocycles. The fourth-order valence-electron chi connectivity index (χ4n) is 0.759. The summed E-state index contributed by atoms with van der Waals surface area (Å²) in [4.78, 5) is 10.4. The molecule has 0 heterocycles. The Bertz CT molecular complexity index is 135. The van der Waals surface area contributed by atoms with Crippen LogP contribution in [0, 0.1) is 0 Å². The van der Waals surface area contributed by atoms with E-state index >= 15 is 0 Å². The zero-order valence-electron chi connectivity index (χ0n) is 7.74. The van der Waals surface area contributed by atoms with Gasteiger partial charge < -0.3 is 14.6 Å². The SMILES string of the molecule is COCCC(C)O[C@@H](C)C(=O)O. The van der Waals surface area contributed by atoms with E-state index < -0.39 is 12.1 Å². The molecule has 0 aromatic heterocycles. The van der Waals surface area contributed by atoms with Gasteiger partial charge in [-0.3, -0.25) is 0 Å². The molecule has 0 aliphatic carbocycles. The number of hydrogen-bond acceptors (Lipinski definition) is 3. The predicted molar refractivity (Wildman–Crippen MR) is 44.1 cm³/mol. The number of carbonyl (C=O) groups is 1. The summed E-state index contributed by atoms with van der Waals surface area (Å²) in [6, 6.07) is 0. The Morgan fingerprint density at radius 3 is 2.50 bits per heavy atom. The van der Waals surface area contributed by atoms with Gasteiger partial charge in [0.15, 0.2) is 6.10 Å². The van der Waals surface area contributed by atoms with Gasteiger partial charge in [-0.05, 0) is 20.3 Å². The van der Waals surface area contributed by atoms with E-state index in [4.69, 9.17) is 14.6 Å². The van der Waals surface area contributed by atoms with Crippen molar-refractivity contribution < 1.29 is 19.4 Å². The first-order chi connectivity index (χ1) is 5.57. The minimum absolute atomic E-state index is 0.0731. The lowest BCUT2D eigenvalue weighted by Gasteiger charge is -2.15. The van der Waals surface area contributed by atoms with Gasteiger partial charge in [-0.2, -0.15) is 0 Å². The molecule has 0 spiro atoms. The number of hydrogen-bond donors (Lipinski definition) is 1. The number of carboxylic acids is 1. The number of ether oxygens (including phenoxy) is 2. The first kappa shape index (κ1) is 11.4. The van der Waals surface area contributed by atoms with Crippen LogP contribution in [0.25, 0.3) is 0 Å². The lowest BCUT2D eigenvalue weighted by atomic mass is 10.3. The van der Waals surface area contributed by atoms with Crippen LogP contribution in [0.5, 0.6) is 0 Å². The van der Waals surface area contributed by atoms with E-state index in [1.165, 1.54) is 6.92 Å². The Balaban J connectivity index is 3.53. The maximum atomic E-state index is 10.4. The fourth-order valence-corrected chi connectivity index (χ4v) is 0.759. The van der Waals surface area contributed by atoms with Crippen LogP contribution in [-0.2, 0) is 14.3 Å². The molecule has 0 saturated carbocycles. The van der Waals surface area contributed by atoms with Gasteiger partial charge in [-0.15, -0.1) is 0 Å². The van der Waals surface area contributed by atoms with Crippen LogP contribution in [0.2, 0.25) is 0 Å². The van der Waals surface area contributed by atoms with E-state index in [0.717, 1.165) is 0 Å². The summed E-state index contributed by atoms with van der Waals surface area (Å²) in [5, 5.41) is 8.50. The quantitative estimate of drug-likeness (QED) is 0.653. The summed E-state index contributed by atoms with van der Waals surface area (Å²) < 4.78 is 9.96. The molecule has 0 aromatic rings. The highest BCUT2D eigenvalue weighted by atomic mass is 16.5. The topological polar surface area (TPSA) is 55.8 Å². The highest BCUT2D eigenvalue weighted by molar-refractivity contribution is 5.71. The molecule has 72 valence electrons. The van der Waals surface area contributed by atoms with Gasteiger partial charge in [-0.1, -0.05) is 0 Å². The van der Waals surface area contributed by atoms with Gasteiger partial charge >= 0.3 is 5.97 Å². The van der Waals surface area contributed by atoms with E-state index in [2.05, 4.69) is 0 Å². The molecule has 4 nitrogen and oxygen atoms in total. The zero-order valence-corrected chi connectivity index (χ0v) is 7.74. The van der Waals surface area contributed by atoms with Crippen molar-refractivity contribution in [1.82, 2.24) is 0 Å². The molecule has 0 bridgehead atoms. The Labute approximate surface area is 72.5 Å². The van der Waals surface area contributed by atoms with Crippen molar-refractivity contribution in [2.45, 2.75) is 32.5 Å². The van der Waals surface area contributed by atoms with E-state index in [1.54, 1.807) is 7.11 Å². The molecule has 0 aliphatic rings. The molecular weight excluding hydrogens is 160 g/mol. The van der Waals surface area contributed by atoms with Crippen LogP contribution >= 0.6 is 0 Å². The van der Waals surface area contributed by atoms with Crippen molar-refractivity contribution in [3.8, 4) is 0 Å². The Morgan fingerprint density at radius 2 is 2.08 bits per heavy atom. The Hall–Kier alpha value is -0.610. The molecular formula is C8H16O4. The third-order valence-electron chi connectivity index (χ3n) is 1.51. The highest BCUT2D eigenvalue weighted by Crippen LogP contribution is 2.02. The summed E-state index contributed by atoms with van der Waals surface area (Å²) in [6.07, 6.45) is -0.0957. The fraction of sp³-hybridized carbons (Fsp3) is 0.875. The second kappa shape index (κ2) is 5.97. The lowest BCUT2D eigenvalue weighted by molar-refractivity contribution is -0.152. The van der Waals surface area contributed by atoms with Crippen LogP contribution in [0.1, 0.15) is 20.3 Å². The summed E-state index contributed by atoms with van der Waals surface area (Å²) in [6.45, 7) is 3.94. The second-order valence-electron chi connectivity index (χ2n) is 2.71. The lowest BCUT2D eigenvalue weighted by Crippen LogP contribution is -2.25. The number of aliphatic carboxylic acids is 1. The maximum absolute atomic E-state index is 10.4. The third-order valence-corrected chi connectivity index (χ3v) is 1.51. The molecule has 0 aliphatic heterocycles.